The minimum absolute atomic E-state index is 0.0748. The van der Waals surface area contributed by atoms with E-state index in [2.05, 4.69) is 12.2 Å². The van der Waals surface area contributed by atoms with Gasteiger partial charge in [0.05, 0.1) is 7.11 Å². The second kappa shape index (κ2) is 9.11. The van der Waals surface area contributed by atoms with E-state index >= 15 is 0 Å². The zero-order chi connectivity index (χ0) is 18.2. The summed E-state index contributed by atoms with van der Waals surface area (Å²) in [5.41, 5.74) is 3.53. The molecular formula is C21H27NO3. The normalized spacial score (nSPS) is 11.7. The Morgan fingerprint density at radius 1 is 1.04 bits per heavy atom. The lowest BCUT2D eigenvalue weighted by Gasteiger charge is -2.18. The van der Waals surface area contributed by atoms with Gasteiger partial charge in [0.25, 0.3) is 5.91 Å². The van der Waals surface area contributed by atoms with Crippen LogP contribution in [0.15, 0.2) is 42.5 Å². The summed E-state index contributed by atoms with van der Waals surface area (Å²) in [4.78, 5) is 12.4. The molecule has 0 unspecified atom stereocenters. The molecule has 1 atom stereocenters. The van der Waals surface area contributed by atoms with Gasteiger partial charge in [0, 0.05) is 6.54 Å². The predicted octanol–water partition coefficient (Wildman–Crippen LogP) is 3.83. The molecule has 2 aromatic carbocycles. The third-order valence-corrected chi connectivity index (χ3v) is 4.29. The van der Waals surface area contributed by atoms with Crippen LogP contribution in [-0.2, 0) is 11.2 Å². The molecule has 0 saturated heterocycles. The molecule has 0 aliphatic heterocycles. The minimum Gasteiger partial charge on any atom is -0.497 e. The third-order valence-electron chi connectivity index (χ3n) is 4.29. The van der Waals surface area contributed by atoms with Crippen molar-refractivity contribution in [3.8, 4) is 11.5 Å². The number of ether oxygens (including phenoxy) is 2. The fourth-order valence-corrected chi connectivity index (χ4v) is 2.51. The lowest BCUT2D eigenvalue weighted by atomic mass is 10.1. The topological polar surface area (TPSA) is 47.6 Å². The van der Waals surface area contributed by atoms with Gasteiger partial charge in [0.2, 0.25) is 0 Å². The van der Waals surface area contributed by atoms with Crippen molar-refractivity contribution in [3.05, 3.63) is 59.2 Å². The molecule has 0 radical (unpaired) electrons. The van der Waals surface area contributed by atoms with Gasteiger partial charge in [-0.25, -0.2) is 0 Å². The summed E-state index contributed by atoms with van der Waals surface area (Å²) in [6.45, 7) is 6.63. The molecule has 0 saturated carbocycles. The van der Waals surface area contributed by atoms with Crippen LogP contribution >= 0.6 is 0 Å². The van der Waals surface area contributed by atoms with Gasteiger partial charge in [-0.3, -0.25) is 4.79 Å². The van der Waals surface area contributed by atoms with Crippen molar-refractivity contribution >= 4 is 5.91 Å². The van der Waals surface area contributed by atoms with Crippen LogP contribution in [0.5, 0.6) is 11.5 Å². The van der Waals surface area contributed by atoms with Crippen LogP contribution < -0.4 is 14.8 Å². The largest absolute Gasteiger partial charge is 0.497 e. The Labute approximate surface area is 150 Å². The van der Waals surface area contributed by atoms with Crippen molar-refractivity contribution in [2.75, 3.05) is 13.7 Å². The van der Waals surface area contributed by atoms with Crippen molar-refractivity contribution in [1.82, 2.24) is 5.32 Å². The van der Waals surface area contributed by atoms with Crippen molar-refractivity contribution in [1.29, 1.82) is 0 Å². The van der Waals surface area contributed by atoms with Crippen molar-refractivity contribution in [2.24, 2.45) is 0 Å². The molecule has 0 bridgehead atoms. The summed E-state index contributed by atoms with van der Waals surface area (Å²) >= 11 is 0. The first kappa shape index (κ1) is 18.8. The molecule has 1 N–H and O–H groups in total. The fraction of sp³-hybridized carbons (Fsp3) is 0.381. The smallest absolute Gasteiger partial charge is 0.261 e. The number of benzene rings is 2. The number of carbonyl (C=O) groups is 1. The van der Waals surface area contributed by atoms with Gasteiger partial charge in [-0.05, 0) is 67.6 Å². The predicted molar refractivity (Wildman–Crippen MR) is 100 cm³/mol. The highest BCUT2D eigenvalue weighted by Crippen LogP contribution is 2.18. The van der Waals surface area contributed by atoms with E-state index in [9.17, 15) is 4.79 Å². The number of nitrogens with one attached hydrogen (secondary N) is 1. The molecule has 0 aromatic heterocycles. The highest BCUT2D eigenvalue weighted by atomic mass is 16.5. The van der Waals surface area contributed by atoms with E-state index < -0.39 is 6.10 Å². The maximum Gasteiger partial charge on any atom is 0.261 e. The summed E-state index contributed by atoms with van der Waals surface area (Å²) in [6, 6.07) is 13.8. The Morgan fingerprint density at radius 3 is 2.32 bits per heavy atom. The molecule has 0 fully saturated rings. The lowest BCUT2D eigenvalue weighted by molar-refractivity contribution is -0.128. The summed E-state index contributed by atoms with van der Waals surface area (Å²) < 4.78 is 11.0. The lowest BCUT2D eigenvalue weighted by Crippen LogP contribution is -2.38. The quantitative estimate of drug-likeness (QED) is 0.794. The molecule has 4 nitrogen and oxygen atoms in total. The van der Waals surface area contributed by atoms with E-state index in [1.165, 1.54) is 5.56 Å². The Morgan fingerprint density at radius 2 is 1.72 bits per heavy atom. The van der Waals surface area contributed by atoms with E-state index in [-0.39, 0.29) is 5.91 Å². The number of aryl methyl sites for hydroxylation is 2. The molecule has 25 heavy (non-hydrogen) atoms. The number of hydrogen-bond donors (Lipinski definition) is 1. The van der Waals surface area contributed by atoms with E-state index in [4.69, 9.17) is 9.47 Å². The van der Waals surface area contributed by atoms with Gasteiger partial charge in [-0.2, -0.15) is 0 Å². The number of hydrogen-bond acceptors (Lipinski definition) is 3. The van der Waals surface area contributed by atoms with Crippen molar-refractivity contribution in [2.45, 2.75) is 39.7 Å². The van der Waals surface area contributed by atoms with Crippen LogP contribution in [0.25, 0.3) is 0 Å². The molecule has 134 valence electrons. The average Bonchev–Trinajstić information content (AvgIpc) is 2.63. The van der Waals surface area contributed by atoms with E-state index in [1.807, 2.05) is 56.3 Å². The Balaban J connectivity index is 1.85. The van der Waals surface area contributed by atoms with Gasteiger partial charge >= 0.3 is 0 Å². The SMILES string of the molecule is CC[C@H](Oc1ccc(C)c(C)c1)C(=O)NCCc1ccc(OC)cc1. The number of amides is 1. The molecule has 2 aromatic rings. The van der Waals surface area contributed by atoms with E-state index in [0.29, 0.717) is 13.0 Å². The van der Waals surface area contributed by atoms with Crippen LogP contribution in [0.2, 0.25) is 0 Å². The van der Waals surface area contributed by atoms with Crippen LogP contribution in [0.3, 0.4) is 0 Å². The van der Waals surface area contributed by atoms with Gasteiger partial charge in [0.15, 0.2) is 6.10 Å². The Bertz CT molecular complexity index is 695. The molecule has 0 aliphatic carbocycles. The van der Waals surface area contributed by atoms with Gasteiger partial charge in [-0.15, -0.1) is 0 Å². The molecule has 1 amide bonds. The molecule has 4 heteroatoms. The summed E-state index contributed by atoms with van der Waals surface area (Å²) in [7, 11) is 1.65. The van der Waals surface area contributed by atoms with Crippen LogP contribution in [0.4, 0.5) is 0 Å². The zero-order valence-electron chi connectivity index (χ0n) is 15.5. The second-order valence-electron chi connectivity index (χ2n) is 6.15. The minimum atomic E-state index is -0.474. The summed E-state index contributed by atoms with van der Waals surface area (Å²) in [6.07, 6.45) is 0.926. The number of methoxy groups -OCH3 is 1. The van der Waals surface area contributed by atoms with Crippen LogP contribution in [-0.4, -0.2) is 25.7 Å². The highest BCUT2D eigenvalue weighted by Gasteiger charge is 2.18. The standard InChI is InChI=1S/C21H27NO3/c1-5-20(25-19-9-6-15(2)16(3)14-19)21(23)22-13-12-17-7-10-18(24-4)11-8-17/h6-11,14,20H,5,12-13H2,1-4H3,(H,22,23)/t20-/m0/s1. The van der Waals surface area contributed by atoms with Crippen molar-refractivity contribution < 1.29 is 14.3 Å². The van der Waals surface area contributed by atoms with Gasteiger partial charge in [-0.1, -0.05) is 25.1 Å². The number of rotatable bonds is 8. The zero-order valence-corrected chi connectivity index (χ0v) is 15.5. The molecule has 0 aliphatic rings. The Kier molecular flexibility index (Phi) is 6.87. The first-order valence-corrected chi connectivity index (χ1v) is 8.68. The van der Waals surface area contributed by atoms with Crippen LogP contribution in [0, 0.1) is 13.8 Å². The van der Waals surface area contributed by atoms with Crippen LogP contribution in [0.1, 0.15) is 30.0 Å². The molecular weight excluding hydrogens is 314 g/mol. The first-order valence-electron chi connectivity index (χ1n) is 8.68. The monoisotopic (exact) mass is 341 g/mol. The van der Waals surface area contributed by atoms with Gasteiger partial charge in [0.1, 0.15) is 11.5 Å². The molecule has 0 spiro atoms. The van der Waals surface area contributed by atoms with E-state index in [0.717, 1.165) is 29.0 Å². The Hall–Kier alpha value is -2.49. The van der Waals surface area contributed by atoms with E-state index in [1.54, 1.807) is 7.11 Å². The molecule has 2 rings (SSSR count). The maximum absolute atomic E-state index is 12.4. The first-order chi connectivity index (χ1) is 12.0. The maximum atomic E-state index is 12.4. The summed E-state index contributed by atoms with van der Waals surface area (Å²) in [5, 5.41) is 2.96. The third kappa shape index (κ3) is 5.52. The van der Waals surface area contributed by atoms with Crippen molar-refractivity contribution in [3.63, 3.8) is 0 Å². The molecule has 0 heterocycles. The highest BCUT2D eigenvalue weighted by molar-refractivity contribution is 5.81. The second-order valence-corrected chi connectivity index (χ2v) is 6.15. The number of carbonyl (C=O) groups excluding carboxylic acids is 1. The van der Waals surface area contributed by atoms with Gasteiger partial charge < -0.3 is 14.8 Å². The fourth-order valence-electron chi connectivity index (χ4n) is 2.51. The average molecular weight is 341 g/mol. The summed E-state index contributed by atoms with van der Waals surface area (Å²) in [5.74, 6) is 1.50.